The van der Waals surface area contributed by atoms with E-state index < -0.39 is 6.04 Å². The third-order valence-electron chi connectivity index (χ3n) is 2.45. The van der Waals surface area contributed by atoms with Crippen molar-refractivity contribution in [1.29, 1.82) is 0 Å². The molecule has 0 aliphatic heterocycles. The van der Waals surface area contributed by atoms with Gasteiger partial charge in [-0.1, -0.05) is 0 Å². The number of methoxy groups -OCH3 is 1. The molecule has 0 spiro atoms. The van der Waals surface area contributed by atoms with Crippen LogP contribution in [0, 0.1) is 3.57 Å². The van der Waals surface area contributed by atoms with Crippen LogP contribution in [0.5, 0.6) is 0 Å². The average Bonchev–Trinajstić information content (AvgIpc) is 2.39. The predicted molar refractivity (Wildman–Crippen MR) is 81.0 cm³/mol. The van der Waals surface area contributed by atoms with E-state index in [0.29, 0.717) is 18.7 Å². The monoisotopic (exact) mass is 376 g/mol. The molecule has 104 valence electrons. The van der Waals surface area contributed by atoms with Gasteiger partial charge in [-0.3, -0.25) is 9.59 Å². The van der Waals surface area contributed by atoms with Crippen LogP contribution in [0.3, 0.4) is 0 Å². The number of halogens is 1. The number of carbonyl (C=O) groups is 2. The van der Waals surface area contributed by atoms with Crippen LogP contribution in [0.25, 0.3) is 0 Å². The maximum absolute atomic E-state index is 11.9. The summed E-state index contributed by atoms with van der Waals surface area (Å²) in [4.78, 5) is 23.5. The van der Waals surface area contributed by atoms with Gasteiger partial charge in [0.05, 0.1) is 6.61 Å². The van der Waals surface area contributed by atoms with Gasteiger partial charge in [0.15, 0.2) is 0 Å². The molecule has 1 aromatic carbocycles. The maximum atomic E-state index is 11.9. The molecule has 1 rings (SSSR count). The highest BCUT2D eigenvalue weighted by molar-refractivity contribution is 14.1. The van der Waals surface area contributed by atoms with Crippen molar-refractivity contribution in [3.63, 3.8) is 0 Å². The fourth-order valence-corrected chi connectivity index (χ4v) is 1.74. The quantitative estimate of drug-likeness (QED) is 0.579. The SMILES string of the molecule is COCCNC(=O)C(C)NC(=O)c1ccc(I)cc1. The average molecular weight is 376 g/mol. The molecule has 1 unspecified atom stereocenters. The number of carbonyl (C=O) groups excluding carboxylic acids is 2. The number of benzene rings is 1. The van der Waals surface area contributed by atoms with E-state index in [-0.39, 0.29) is 11.8 Å². The summed E-state index contributed by atoms with van der Waals surface area (Å²) in [5.41, 5.74) is 0.539. The molecule has 0 bridgehead atoms. The molecular weight excluding hydrogens is 359 g/mol. The topological polar surface area (TPSA) is 67.4 Å². The minimum atomic E-state index is -0.580. The first kappa shape index (κ1) is 15.9. The second-order valence-electron chi connectivity index (χ2n) is 3.99. The number of amides is 2. The van der Waals surface area contributed by atoms with Crippen molar-refractivity contribution in [2.24, 2.45) is 0 Å². The van der Waals surface area contributed by atoms with Crippen LogP contribution in [0.2, 0.25) is 0 Å². The zero-order valence-corrected chi connectivity index (χ0v) is 13.1. The maximum Gasteiger partial charge on any atom is 0.251 e. The minimum Gasteiger partial charge on any atom is -0.383 e. The van der Waals surface area contributed by atoms with E-state index in [9.17, 15) is 9.59 Å². The Labute approximate surface area is 126 Å². The lowest BCUT2D eigenvalue weighted by Gasteiger charge is -2.14. The zero-order valence-electron chi connectivity index (χ0n) is 10.9. The molecule has 0 radical (unpaired) electrons. The molecule has 0 saturated heterocycles. The molecule has 6 heteroatoms. The summed E-state index contributed by atoms with van der Waals surface area (Å²) in [7, 11) is 1.56. The van der Waals surface area contributed by atoms with Gasteiger partial charge in [0.2, 0.25) is 5.91 Å². The van der Waals surface area contributed by atoms with Crippen LogP contribution in [0.4, 0.5) is 0 Å². The van der Waals surface area contributed by atoms with Crippen molar-refractivity contribution in [2.45, 2.75) is 13.0 Å². The van der Waals surface area contributed by atoms with Gasteiger partial charge in [-0.2, -0.15) is 0 Å². The van der Waals surface area contributed by atoms with Gasteiger partial charge < -0.3 is 15.4 Å². The summed E-state index contributed by atoms with van der Waals surface area (Å²) < 4.78 is 5.89. The van der Waals surface area contributed by atoms with Crippen molar-refractivity contribution in [2.75, 3.05) is 20.3 Å². The third-order valence-corrected chi connectivity index (χ3v) is 3.17. The van der Waals surface area contributed by atoms with Gasteiger partial charge in [0.1, 0.15) is 6.04 Å². The van der Waals surface area contributed by atoms with E-state index >= 15 is 0 Å². The molecule has 19 heavy (non-hydrogen) atoms. The Bertz CT molecular complexity index is 434. The van der Waals surface area contributed by atoms with Crippen LogP contribution in [0.15, 0.2) is 24.3 Å². The number of hydrogen-bond acceptors (Lipinski definition) is 3. The number of rotatable bonds is 6. The van der Waals surface area contributed by atoms with Crippen LogP contribution < -0.4 is 10.6 Å². The zero-order chi connectivity index (χ0) is 14.3. The first-order chi connectivity index (χ1) is 9.04. The van der Waals surface area contributed by atoms with Gasteiger partial charge in [0.25, 0.3) is 5.91 Å². The third kappa shape index (κ3) is 5.56. The van der Waals surface area contributed by atoms with Crippen LogP contribution in [-0.2, 0) is 9.53 Å². The van der Waals surface area contributed by atoms with Crippen molar-refractivity contribution in [3.8, 4) is 0 Å². The van der Waals surface area contributed by atoms with Crippen molar-refractivity contribution in [3.05, 3.63) is 33.4 Å². The van der Waals surface area contributed by atoms with E-state index in [0.717, 1.165) is 3.57 Å². The number of hydrogen-bond donors (Lipinski definition) is 2. The second kappa shape index (κ2) is 8.11. The summed E-state index contributed by atoms with van der Waals surface area (Å²) in [6.07, 6.45) is 0. The molecule has 0 aliphatic rings. The van der Waals surface area contributed by atoms with E-state index in [1.54, 1.807) is 26.2 Å². The summed E-state index contributed by atoms with van der Waals surface area (Å²) in [5.74, 6) is -0.485. The van der Waals surface area contributed by atoms with Crippen molar-refractivity contribution >= 4 is 34.4 Å². The minimum absolute atomic E-state index is 0.226. The van der Waals surface area contributed by atoms with Gasteiger partial charge in [-0.25, -0.2) is 0 Å². The molecule has 2 amide bonds. The van der Waals surface area contributed by atoms with E-state index in [1.807, 2.05) is 12.1 Å². The lowest BCUT2D eigenvalue weighted by molar-refractivity contribution is -0.122. The van der Waals surface area contributed by atoms with E-state index in [1.165, 1.54) is 0 Å². The second-order valence-corrected chi connectivity index (χ2v) is 5.23. The number of nitrogens with one attached hydrogen (secondary N) is 2. The molecule has 0 aliphatic carbocycles. The molecule has 2 N–H and O–H groups in total. The molecule has 0 saturated carbocycles. The van der Waals surface area contributed by atoms with Crippen molar-refractivity contribution in [1.82, 2.24) is 10.6 Å². The van der Waals surface area contributed by atoms with Gasteiger partial charge in [0, 0.05) is 22.8 Å². The van der Waals surface area contributed by atoms with Crippen LogP contribution >= 0.6 is 22.6 Å². The summed E-state index contributed by atoms with van der Waals surface area (Å²) in [5, 5.41) is 5.32. The fourth-order valence-electron chi connectivity index (χ4n) is 1.38. The standard InChI is InChI=1S/C13H17IN2O3/c1-9(12(17)15-7-8-19-2)16-13(18)10-3-5-11(14)6-4-10/h3-6,9H,7-8H2,1-2H3,(H,15,17)(H,16,18). The fraction of sp³-hybridized carbons (Fsp3) is 0.385. The molecule has 0 heterocycles. The summed E-state index contributed by atoms with van der Waals surface area (Å²) in [6.45, 7) is 2.52. The molecule has 1 atom stereocenters. The Morgan fingerprint density at radius 1 is 1.32 bits per heavy atom. The smallest absolute Gasteiger partial charge is 0.251 e. The van der Waals surface area contributed by atoms with Crippen LogP contribution in [-0.4, -0.2) is 38.1 Å². The van der Waals surface area contributed by atoms with E-state index in [4.69, 9.17) is 4.74 Å². The Hall–Kier alpha value is -1.15. The summed E-state index contributed by atoms with van der Waals surface area (Å²) in [6, 6.07) is 6.57. The van der Waals surface area contributed by atoms with Gasteiger partial charge in [-0.05, 0) is 53.8 Å². The van der Waals surface area contributed by atoms with Gasteiger partial charge in [-0.15, -0.1) is 0 Å². The van der Waals surface area contributed by atoms with Gasteiger partial charge >= 0.3 is 0 Å². The normalized spacial score (nSPS) is 11.7. The Morgan fingerprint density at radius 3 is 2.53 bits per heavy atom. The molecule has 1 aromatic rings. The number of ether oxygens (including phenoxy) is 1. The first-order valence-electron chi connectivity index (χ1n) is 5.87. The highest BCUT2D eigenvalue weighted by Gasteiger charge is 2.15. The first-order valence-corrected chi connectivity index (χ1v) is 6.95. The highest BCUT2D eigenvalue weighted by Crippen LogP contribution is 2.06. The molecule has 0 fully saturated rings. The van der Waals surface area contributed by atoms with Crippen molar-refractivity contribution < 1.29 is 14.3 Å². The predicted octanol–water partition coefficient (Wildman–Crippen LogP) is 1.17. The molecular formula is C13H17IN2O3. The Balaban J connectivity index is 2.47. The summed E-state index contributed by atoms with van der Waals surface area (Å²) >= 11 is 2.17. The molecule has 5 nitrogen and oxygen atoms in total. The van der Waals surface area contributed by atoms with E-state index in [2.05, 4.69) is 33.2 Å². The molecule has 0 aromatic heterocycles. The van der Waals surface area contributed by atoms with Crippen LogP contribution in [0.1, 0.15) is 17.3 Å². The Morgan fingerprint density at radius 2 is 1.95 bits per heavy atom. The largest absolute Gasteiger partial charge is 0.383 e. The lowest BCUT2D eigenvalue weighted by atomic mass is 10.2. The Kier molecular flexibility index (Phi) is 6.79. The lowest BCUT2D eigenvalue weighted by Crippen LogP contribution is -2.45. The highest BCUT2D eigenvalue weighted by atomic mass is 127.